The second kappa shape index (κ2) is 5.81. The standard InChI is InChI=1S/C13H17NO4S/c1-18-9-12(15)8-10-2-6-13(7-3-10)19(16,17)14-11-4-5-11/h2-3,6-7,11,14H,4-5,8-9H2,1H3. The fourth-order valence-electron chi connectivity index (χ4n) is 1.71. The molecule has 1 aromatic rings. The van der Waals surface area contributed by atoms with Gasteiger partial charge in [-0.25, -0.2) is 13.1 Å². The molecule has 0 aromatic heterocycles. The van der Waals surface area contributed by atoms with Gasteiger partial charge in [0, 0.05) is 19.6 Å². The van der Waals surface area contributed by atoms with E-state index in [9.17, 15) is 13.2 Å². The second-order valence-electron chi connectivity index (χ2n) is 4.69. The fraction of sp³-hybridized carbons (Fsp3) is 0.462. The molecule has 1 aliphatic carbocycles. The first-order valence-electron chi connectivity index (χ1n) is 6.13. The second-order valence-corrected chi connectivity index (χ2v) is 6.40. The van der Waals surface area contributed by atoms with Crippen LogP contribution >= 0.6 is 0 Å². The number of hydrogen-bond acceptors (Lipinski definition) is 4. The minimum absolute atomic E-state index is 0.0331. The Morgan fingerprint density at radius 1 is 1.32 bits per heavy atom. The number of ketones is 1. The van der Waals surface area contributed by atoms with Crippen LogP contribution < -0.4 is 4.72 Å². The van der Waals surface area contributed by atoms with Gasteiger partial charge in [-0.3, -0.25) is 4.79 Å². The summed E-state index contributed by atoms with van der Waals surface area (Å²) >= 11 is 0. The normalized spacial score (nSPS) is 15.4. The summed E-state index contributed by atoms with van der Waals surface area (Å²) in [5.74, 6) is -0.0331. The monoisotopic (exact) mass is 283 g/mol. The highest BCUT2D eigenvalue weighted by molar-refractivity contribution is 7.89. The number of sulfonamides is 1. The van der Waals surface area contributed by atoms with Crippen molar-refractivity contribution in [2.24, 2.45) is 0 Å². The maximum atomic E-state index is 11.9. The Morgan fingerprint density at radius 3 is 2.47 bits per heavy atom. The summed E-state index contributed by atoms with van der Waals surface area (Å²) < 4.78 is 31.2. The third kappa shape index (κ3) is 4.12. The largest absolute Gasteiger partial charge is 0.377 e. The number of Topliss-reactive ketones (excluding diaryl/α,β-unsaturated/α-hetero) is 1. The van der Waals surface area contributed by atoms with Gasteiger partial charge in [0.1, 0.15) is 6.61 Å². The van der Waals surface area contributed by atoms with Crippen molar-refractivity contribution >= 4 is 15.8 Å². The Morgan fingerprint density at radius 2 is 1.95 bits per heavy atom. The molecule has 5 nitrogen and oxygen atoms in total. The molecule has 19 heavy (non-hydrogen) atoms. The lowest BCUT2D eigenvalue weighted by Crippen LogP contribution is -2.25. The van der Waals surface area contributed by atoms with E-state index < -0.39 is 10.0 Å². The van der Waals surface area contributed by atoms with Crippen LogP contribution in [0.2, 0.25) is 0 Å². The van der Waals surface area contributed by atoms with Gasteiger partial charge in [0.25, 0.3) is 0 Å². The number of rotatable bonds is 7. The molecule has 1 saturated carbocycles. The number of nitrogens with one attached hydrogen (secondary N) is 1. The van der Waals surface area contributed by atoms with E-state index in [1.54, 1.807) is 12.1 Å². The highest BCUT2D eigenvalue weighted by Crippen LogP contribution is 2.22. The molecule has 0 spiro atoms. The van der Waals surface area contributed by atoms with Gasteiger partial charge < -0.3 is 4.74 Å². The number of ether oxygens (including phenoxy) is 1. The van der Waals surface area contributed by atoms with Gasteiger partial charge in [-0.15, -0.1) is 0 Å². The summed E-state index contributed by atoms with van der Waals surface area (Å²) in [6, 6.07) is 6.47. The number of benzene rings is 1. The number of hydrogen-bond donors (Lipinski definition) is 1. The maximum absolute atomic E-state index is 11.9. The average Bonchev–Trinajstić information content (AvgIpc) is 3.13. The predicted octanol–water partition coefficient (Wildman–Crippen LogP) is 0.885. The van der Waals surface area contributed by atoms with Crippen molar-refractivity contribution in [1.82, 2.24) is 4.72 Å². The molecule has 0 heterocycles. The Labute approximate surface area is 113 Å². The molecule has 1 aromatic carbocycles. The van der Waals surface area contributed by atoms with E-state index in [0.717, 1.165) is 18.4 Å². The van der Waals surface area contributed by atoms with Crippen LogP contribution in [0.3, 0.4) is 0 Å². The molecule has 2 rings (SSSR count). The van der Waals surface area contributed by atoms with Crippen molar-refractivity contribution in [3.8, 4) is 0 Å². The smallest absolute Gasteiger partial charge is 0.240 e. The van der Waals surface area contributed by atoms with Crippen LogP contribution in [0, 0.1) is 0 Å². The molecular weight excluding hydrogens is 266 g/mol. The van der Waals surface area contributed by atoms with Gasteiger partial charge >= 0.3 is 0 Å². The quantitative estimate of drug-likeness (QED) is 0.806. The first-order chi connectivity index (χ1) is 9.01. The molecule has 1 aliphatic rings. The highest BCUT2D eigenvalue weighted by Gasteiger charge is 2.27. The summed E-state index contributed by atoms with van der Waals surface area (Å²) in [7, 11) is -1.94. The molecule has 6 heteroatoms. The van der Waals surface area contributed by atoms with Crippen LogP contribution in [0.4, 0.5) is 0 Å². The number of carbonyl (C=O) groups is 1. The lowest BCUT2D eigenvalue weighted by molar-refractivity contribution is -0.121. The van der Waals surface area contributed by atoms with E-state index in [1.807, 2.05) is 0 Å². The topological polar surface area (TPSA) is 72.5 Å². The van der Waals surface area contributed by atoms with Crippen molar-refractivity contribution < 1.29 is 17.9 Å². The van der Waals surface area contributed by atoms with Crippen molar-refractivity contribution in [2.45, 2.75) is 30.2 Å². The van der Waals surface area contributed by atoms with E-state index >= 15 is 0 Å². The molecule has 0 aliphatic heterocycles. The van der Waals surface area contributed by atoms with Crippen LogP contribution in [0.25, 0.3) is 0 Å². The van der Waals surface area contributed by atoms with Gasteiger partial charge in [-0.05, 0) is 30.5 Å². The first-order valence-corrected chi connectivity index (χ1v) is 7.61. The molecule has 0 atom stereocenters. The molecular formula is C13H17NO4S. The minimum Gasteiger partial charge on any atom is -0.377 e. The molecule has 0 unspecified atom stereocenters. The van der Waals surface area contributed by atoms with Gasteiger partial charge in [0.2, 0.25) is 10.0 Å². The number of methoxy groups -OCH3 is 1. The molecule has 1 fully saturated rings. The van der Waals surface area contributed by atoms with E-state index in [0.29, 0.717) is 0 Å². The Kier molecular flexibility index (Phi) is 4.34. The zero-order valence-corrected chi connectivity index (χ0v) is 11.6. The van der Waals surface area contributed by atoms with E-state index in [2.05, 4.69) is 4.72 Å². The van der Waals surface area contributed by atoms with Crippen molar-refractivity contribution in [3.05, 3.63) is 29.8 Å². The van der Waals surface area contributed by atoms with Crippen LogP contribution in [-0.2, 0) is 26.0 Å². The third-order valence-corrected chi connectivity index (χ3v) is 4.38. The van der Waals surface area contributed by atoms with E-state index in [-0.39, 0.29) is 29.7 Å². The molecule has 0 saturated heterocycles. The molecule has 1 N–H and O–H groups in total. The summed E-state index contributed by atoms with van der Waals surface area (Å²) in [6.07, 6.45) is 2.07. The lowest BCUT2D eigenvalue weighted by Gasteiger charge is -2.06. The van der Waals surface area contributed by atoms with Crippen LogP contribution in [0.15, 0.2) is 29.2 Å². The Bertz CT molecular complexity index is 547. The van der Waals surface area contributed by atoms with E-state index in [4.69, 9.17) is 4.74 Å². The summed E-state index contributed by atoms with van der Waals surface area (Å²) in [4.78, 5) is 11.6. The zero-order valence-electron chi connectivity index (χ0n) is 10.8. The fourth-order valence-corrected chi connectivity index (χ4v) is 3.02. The predicted molar refractivity (Wildman–Crippen MR) is 70.4 cm³/mol. The van der Waals surface area contributed by atoms with Gasteiger partial charge in [0.05, 0.1) is 4.90 Å². The van der Waals surface area contributed by atoms with Crippen molar-refractivity contribution in [3.63, 3.8) is 0 Å². The van der Waals surface area contributed by atoms with Crippen molar-refractivity contribution in [1.29, 1.82) is 0 Å². The SMILES string of the molecule is COCC(=O)Cc1ccc(S(=O)(=O)NC2CC2)cc1. The number of carbonyl (C=O) groups excluding carboxylic acids is 1. The van der Waals surface area contributed by atoms with Crippen LogP contribution in [-0.4, -0.2) is 34.0 Å². The highest BCUT2D eigenvalue weighted by atomic mass is 32.2. The molecule has 104 valence electrons. The summed E-state index contributed by atoms with van der Waals surface area (Å²) in [5.41, 5.74) is 0.785. The first kappa shape index (κ1) is 14.2. The molecule has 0 radical (unpaired) electrons. The third-order valence-electron chi connectivity index (χ3n) is 2.84. The summed E-state index contributed by atoms with van der Waals surface area (Å²) in [6.45, 7) is 0.0727. The zero-order chi connectivity index (χ0) is 13.9. The molecule has 0 amide bonds. The Hall–Kier alpha value is -1.24. The van der Waals surface area contributed by atoms with E-state index in [1.165, 1.54) is 19.2 Å². The lowest BCUT2D eigenvalue weighted by atomic mass is 10.1. The van der Waals surface area contributed by atoms with Crippen molar-refractivity contribution in [2.75, 3.05) is 13.7 Å². The van der Waals surface area contributed by atoms with Gasteiger partial charge in [-0.2, -0.15) is 0 Å². The van der Waals surface area contributed by atoms with Gasteiger partial charge in [-0.1, -0.05) is 12.1 Å². The Balaban J connectivity index is 2.03. The van der Waals surface area contributed by atoms with Crippen LogP contribution in [0.5, 0.6) is 0 Å². The van der Waals surface area contributed by atoms with Crippen LogP contribution in [0.1, 0.15) is 18.4 Å². The maximum Gasteiger partial charge on any atom is 0.240 e. The minimum atomic E-state index is -3.41. The average molecular weight is 283 g/mol. The van der Waals surface area contributed by atoms with Gasteiger partial charge in [0.15, 0.2) is 5.78 Å². The molecule has 0 bridgehead atoms. The summed E-state index contributed by atoms with van der Waals surface area (Å²) in [5, 5.41) is 0.